The van der Waals surface area contributed by atoms with Crippen molar-refractivity contribution in [1.82, 2.24) is 9.78 Å². The maximum Gasteiger partial charge on any atom is 0.320 e. The third-order valence-corrected chi connectivity index (χ3v) is 4.56. The smallest absolute Gasteiger partial charge is 0.320 e. The van der Waals surface area contributed by atoms with Crippen LogP contribution in [-0.4, -0.2) is 31.4 Å². The number of aryl methyl sites for hydroxylation is 1. The summed E-state index contributed by atoms with van der Waals surface area (Å²) in [5, 5.41) is 13.5. The minimum Gasteiger partial charge on any atom is -0.480 e. The number of rotatable bonds is 4. The summed E-state index contributed by atoms with van der Waals surface area (Å²) in [5.74, 6) is 0.271. The molecular weight excluding hydrogens is 224 g/mol. The minimum atomic E-state index is -0.681. The fourth-order valence-electron chi connectivity index (χ4n) is 2.08. The molecule has 1 atom stereocenters. The highest BCUT2D eigenvalue weighted by atomic mass is 32.2. The highest BCUT2D eigenvalue weighted by Crippen LogP contribution is 2.41. The van der Waals surface area contributed by atoms with Gasteiger partial charge in [-0.05, 0) is 31.1 Å². The topological polar surface area (TPSA) is 55.1 Å². The fraction of sp³-hybridized carbons (Fsp3) is 0.636. The lowest BCUT2D eigenvalue weighted by Gasteiger charge is -2.21. The number of aliphatic carboxylic acids is 1. The van der Waals surface area contributed by atoms with Crippen LogP contribution in [0.1, 0.15) is 25.3 Å². The number of hydrogen-bond acceptors (Lipinski definition) is 3. The molecule has 0 aliphatic carbocycles. The molecule has 2 heterocycles. The van der Waals surface area contributed by atoms with Crippen molar-refractivity contribution in [3.63, 3.8) is 0 Å². The Balaban J connectivity index is 2.14. The first kappa shape index (κ1) is 11.5. The van der Waals surface area contributed by atoms with E-state index in [0.717, 1.165) is 30.7 Å². The lowest BCUT2D eigenvalue weighted by atomic mass is 9.96. The number of carboxylic acid groups (broad SMARTS) is 1. The van der Waals surface area contributed by atoms with Gasteiger partial charge in [-0.25, -0.2) is 0 Å². The van der Waals surface area contributed by atoms with Crippen molar-refractivity contribution < 1.29 is 9.90 Å². The Morgan fingerprint density at radius 2 is 2.56 bits per heavy atom. The summed E-state index contributed by atoms with van der Waals surface area (Å²) >= 11 is 1.57. The molecule has 2 rings (SSSR count). The van der Waals surface area contributed by atoms with Crippen molar-refractivity contribution in [3.05, 3.63) is 18.0 Å². The van der Waals surface area contributed by atoms with Crippen LogP contribution in [0.3, 0.4) is 0 Å². The van der Waals surface area contributed by atoms with Crippen molar-refractivity contribution in [2.24, 2.45) is 0 Å². The first-order chi connectivity index (χ1) is 7.66. The maximum atomic E-state index is 11.4. The zero-order valence-electron chi connectivity index (χ0n) is 9.35. The molecule has 4 nitrogen and oxygen atoms in total. The van der Waals surface area contributed by atoms with Gasteiger partial charge in [-0.1, -0.05) is 0 Å². The molecule has 1 unspecified atom stereocenters. The van der Waals surface area contributed by atoms with Crippen LogP contribution in [0.15, 0.2) is 12.4 Å². The van der Waals surface area contributed by atoms with E-state index in [-0.39, 0.29) is 0 Å². The molecule has 88 valence electrons. The van der Waals surface area contributed by atoms with Gasteiger partial charge in [0.15, 0.2) is 0 Å². The van der Waals surface area contributed by atoms with Gasteiger partial charge in [0.1, 0.15) is 4.75 Å². The molecule has 1 aliphatic rings. The molecule has 0 amide bonds. The standard InChI is InChI=1S/C11H16N2O2S/c1-2-13-8-9(7-12-13)6-11(10(14)15)4-3-5-16-11/h7-8H,2-6H2,1H3,(H,14,15). The zero-order valence-corrected chi connectivity index (χ0v) is 10.2. The Morgan fingerprint density at radius 3 is 3.06 bits per heavy atom. The highest BCUT2D eigenvalue weighted by molar-refractivity contribution is 8.01. The lowest BCUT2D eigenvalue weighted by Crippen LogP contribution is -2.34. The third-order valence-electron chi connectivity index (χ3n) is 2.99. The van der Waals surface area contributed by atoms with Gasteiger partial charge < -0.3 is 5.11 Å². The molecule has 0 spiro atoms. The molecule has 5 heteroatoms. The summed E-state index contributed by atoms with van der Waals surface area (Å²) in [6, 6.07) is 0. The van der Waals surface area contributed by atoms with E-state index in [0.29, 0.717) is 6.42 Å². The minimum absolute atomic E-state index is 0.590. The number of thioether (sulfide) groups is 1. The van der Waals surface area contributed by atoms with Gasteiger partial charge in [0, 0.05) is 19.2 Å². The van der Waals surface area contributed by atoms with E-state index >= 15 is 0 Å². The third kappa shape index (κ3) is 2.09. The molecule has 1 aliphatic heterocycles. The van der Waals surface area contributed by atoms with Gasteiger partial charge >= 0.3 is 5.97 Å². The molecule has 0 aromatic carbocycles. The molecule has 1 N–H and O–H groups in total. The summed E-state index contributed by atoms with van der Waals surface area (Å²) in [6.45, 7) is 2.85. The van der Waals surface area contributed by atoms with Gasteiger partial charge in [-0.15, -0.1) is 11.8 Å². The van der Waals surface area contributed by atoms with E-state index in [1.807, 2.05) is 17.8 Å². The SMILES string of the molecule is CCn1cc(CC2(C(=O)O)CCCS2)cn1. The number of nitrogens with zero attached hydrogens (tertiary/aromatic N) is 2. The van der Waals surface area contributed by atoms with Crippen LogP contribution < -0.4 is 0 Å². The van der Waals surface area contributed by atoms with Crippen LogP contribution in [0.4, 0.5) is 0 Å². The van der Waals surface area contributed by atoms with Crippen LogP contribution in [0.2, 0.25) is 0 Å². The molecule has 16 heavy (non-hydrogen) atoms. The van der Waals surface area contributed by atoms with Crippen molar-refractivity contribution in [2.75, 3.05) is 5.75 Å². The monoisotopic (exact) mass is 240 g/mol. The second-order valence-corrected chi connectivity index (χ2v) is 5.61. The molecule has 0 bridgehead atoms. The summed E-state index contributed by atoms with van der Waals surface area (Å²) in [4.78, 5) is 11.4. The van der Waals surface area contributed by atoms with E-state index < -0.39 is 10.7 Å². The molecule has 1 aromatic heterocycles. The van der Waals surface area contributed by atoms with Crippen LogP contribution in [0.25, 0.3) is 0 Å². The van der Waals surface area contributed by atoms with Crippen LogP contribution >= 0.6 is 11.8 Å². The lowest BCUT2D eigenvalue weighted by molar-refractivity contribution is -0.139. The molecule has 1 aromatic rings. The van der Waals surface area contributed by atoms with E-state index in [1.165, 1.54) is 0 Å². The maximum absolute atomic E-state index is 11.4. The van der Waals surface area contributed by atoms with Gasteiger partial charge in [0.25, 0.3) is 0 Å². The van der Waals surface area contributed by atoms with Crippen molar-refractivity contribution >= 4 is 17.7 Å². The second kappa shape index (κ2) is 4.49. The van der Waals surface area contributed by atoms with Gasteiger partial charge in [0.2, 0.25) is 0 Å². The van der Waals surface area contributed by atoms with Gasteiger partial charge in [-0.2, -0.15) is 5.10 Å². The summed E-state index contributed by atoms with van der Waals surface area (Å²) in [5.41, 5.74) is 1.03. The largest absolute Gasteiger partial charge is 0.480 e. The fourth-order valence-corrected chi connectivity index (χ4v) is 3.44. The van der Waals surface area contributed by atoms with Crippen LogP contribution in [0.5, 0.6) is 0 Å². The second-order valence-electron chi connectivity index (χ2n) is 4.13. The first-order valence-corrected chi connectivity index (χ1v) is 6.53. The number of carbonyl (C=O) groups is 1. The number of hydrogen-bond donors (Lipinski definition) is 1. The molecule has 0 radical (unpaired) electrons. The highest BCUT2D eigenvalue weighted by Gasteiger charge is 2.42. The summed E-state index contributed by atoms with van der Waals surface area (Å²) < 4.78 is 1.23. The van der Waals surface area contributed by atoms with Gasteiger partial charge in [0.05, 0.1) is 6.20 Å². The zero-order chi connectivity index (χ0) is 11.6. The Morgan fingerprint density at radius 1 is 1.75 bits per heavy atom. The summed E-state index contributed by atoms with van der Waals surface area (Å²) in [6.07, 6.45) is 6.09. The van der Waals surface area contributed by atoms with Gasteiger partial charge in [-0.3, -0.25) is 9.48 Å². The Kier molecular flexibility index (Phi) is 3.23. The molecule has 1 fully saturated rings. The van der Waals surface area contributed by atoms with E-state index in [9.17, 15) is 9.90 Å². The van der Waals surface area contributed by atoms with Crippen molar-refractivity contribution in [2.45, 2.75) is 37.5 Å². The van der Waals surface area contributed by atoms with Crippen LogP contribution in [0, 0.1) is 0 Å². The van der Waals surface area contributed by atoms with E-state index in [4.69, 9.17) is 0 Å². The predicted molar refractivity (Wildman–Crippen MR) is 63.7 cm³/mol. The molecule has 0 saturated carbocycles. The van der Waals surface area contributed by atoms with Crippen molar-refractivity contribution in [1.29, 1.82) is 0 Å². The average Bonchev–Trinajstić information content (AvgIpc) is 2.88. The van der Waals surface area contributed by atoms with E-state index in [2.05, 4.69) is 5.10 Å². The normalized spacial score (nSPS) is 24.8. The molecule has 1 saturated heterocycles. The van der Waals surface area contributed by atoms with E-state index in [1.54, 1.807) is 18.0 Å². The van der Waals surface area contributed by atoms with Crippen molar-refractivity contribution in [3.8, 4) is 0 Å². The Bertz CT molecular complexity index is 383. The quantitative estimate of drug-likeness (QED) is 0.872. The average molecular weight is 240 g/mol. The first-order valence-electron chi connectivity index (χ1n) is 5.55. The Labute approximate surface area is 99.0 Å². The number of carboxylic acids is 1. The number of aromatic nitrogens is 2. The Hall–Kier alpha value is -0.970. The predicted octanol–water partition coefficient (Wildman–Crippen LogP) is 1.80. The summed E-state index contributed by atoms with van der Waals surface area (Å²) in [7, 11) is 0. The molecular formula is C11H16N2O2S. The van der Waals surface area contributed by atoms with Crippen LogP contribution in [-0.2, 0) is 17.8 Å².